The molecule has 2 aliphatic carbocycles. The molecule has 2 atom stereocenters. The van der Waals surface area contributed by atoms with Crippen LogP contribution in [0.2, 0.25) is 5.15 Å². The van der Waals surface area contributed by atoms with Crippen molar-refractivity contribution in [3.05, 3.63) is 111 Å². The predicted molar refractivity (Wildman–Crippen MR) is 253 cm³/mol. The summed E-state index contributed by atoms with van der Waals surface area (Å²) < 4.78 is 36.0. The molecular weight excluding hydrogens is 866 g/mol. The van der Waals surface area contributed by atoms with Crippen molar-refractivity contribution in [2.24, 2.45) is 11.3 Å². The number of nitro benzene ring substituents is 1. The number of likely N-dealkylation sites (tertiary alicyclic amines) is 1. The number of nitro groups is 1. The van der Waals surface area contributed by atoms with Gasteiger partial charge in [0, 0.05) is 68.2 Å². The predicted octanol–water partition coefficient (Wildman–Crippen LogP) is 9.75. The fraction of sp³-hybridized carbons (Fsp3) is 0.469. The summed E-state index contributed by atoms with van der Waals surface area (Å²) in [6.07, 6.45) is 10.3. The number of benzene rings is 3. The summed E-state index contributed by atoms with van der Waals surface area (Å²) in [7, 11) is -4.60. The fourth-order valence-corrected chi connectivity index (χ4v) is 12.0. The number of halogens is 1. The summed E-state index contributed by atoms with van der Waals surface area (Å²) in [5.74, 6) is 0.533. The Morgan fingerprint density at radius 1 is 1.00 bits per heavy atom. The number of aromatic nitrogens is 2. The molecule has 1 spiro atoms. The zero-order valence-electron chi connectivity index (χ0n) is 37.2. The molecule has 16 heteroatoms. The topological polar surface area (TPSA) is 183 Å². The third kappa shape index (κ3) is 9.43. The minimum Gasteiger partial charge on any atom is -0.453 e. The van der Waals surface area contributed by atoms with E-state index in [1.165, 1.54) is 48.6 Å². The van der Waals surface area contributed by atoms with Gasteiger partial charge in [0.15, 0.2) is 10.9 Å². The molecule has 2 aromatic heterocycles. The van der Waals surface area contributed by atoms with Crippen LogP contribution >= 0.6 is 11.6 Å². The second kappa shape index (κ2) is 17.9. The van der Waals surface area contributed by atoms with Gasteiger partial charge in [-0.2, -0.15) is 0 Å². The standard InChI is InChI=1S/C49H58ClN7O7S/c1-31(2)36-7-4-5-8-37(36)38-9-6-10-41(38)56-29-49(30-56)20-23-55(24-21-49)34-11-13-39(43(26-34)64-44-25-33-17-22-51-46(33)53-45(44)50)47(58)54-65(62,63)35-12-14-40(42(27-35)57(60)61)52-28-32-15-18-48(3,59)19-16-32/h4-5,7-8,11-14,17,22,25-27,31-32,38,41,52,59H,6,9-10,15-16,18-21,23-24,28-30H2,1-3H3,(H,51,53)(H,54,58)/t32?,38-,41-,48?/m1/s1. The minimum absolute atomic E-state index is 0.0485. The molecule has 5 aromatic rings. The van der Waals surface area contributed by atoms with Crippen LogP contribution in [0.1, 0.15) is 112 Å². The Labute approximate surface area is 385 Å². The van der Waals surface area contributed by atoms with Crippen LogP contribution in [0.15, 0.2) is 83.9 Å². The van der Waals surface area contributed by atoms with Crippen molar-refractivity contribution in [3.8, 4) is 11.5 Å². The second-order valence-electron chi connectivity index (χ2n) is 19.4. The van der Waals surface area contributed by atoms with Crippen molar-refractivity contribution in [2.45, 2.75) is 107 Å². The first-order chi connectivity index (χ1) is 31.1. The smallest absolute Gasteiger partial charge is 0.293 e. The van der Waals surface area contributed by atoms with Gasteiger partial charge in [0.1, 0.15) is 17.1 Å². The molecule has 2 saturated carbocycles. The van der Waals surface area contributed by atoms with E-state index in [1.54, 1.807) is 24.4 Å². The lowest BCUT2D eigenvalue weighted by Crippen LogP contribution is -2.63. The van der Waals surface area contributed by atoms with Gasteiger partial charge in [0.2, 0.25) is 0 Å². The maximum atomic E-state index is 14.0. The van der Waals surface area contributed by atoms with Crippen LogP contribution in [0.3, 0.4) is 0 Å². The summed E-state index contributed by atoms with van der Waals surface area (Å²) >= 11 is 6.59. The highest BCUT2D eigenvalue weighted by molar-refractivity contribution is 7.90. The number of ether oxygens (including phenoxy) is 1. The zero-order chi connectivity index (χ0) is 45.7. The number of sulfonamides is 1. The number of pyridine rings is 1. The third-order valence-electron chi connectivity index (χ3n) is 14.6. The maximum Gasteiger partial charge on any atom is 0.293 e. The lowest BCUT2D eigenvalue weighted by Gasteiger charge is -2.57. The van der Waals surface area contributed by atoms with Gasteiger partial charge in [-0.3, -0.25) is 19.8 Å². The lowest BCUT2D eigenvalue weighted by atomic mass is 9.70. The van der Waals surface area contributed by atoms with Gasteiger partial charge in [-0.05, 0) is 129 Å². The minimum atomic E-state index is -4.60. The first kappa shape index (κ1) is 45.0. The van der Waals surface area contributed by atoms with Crippen LogP contribution < -0.4 is 19.7 Å². The zero-order valence-corrected chi connectivity index (χ0v) is 38.8. The van der Waals surface area contributed by atoms with Crippen molar-refractivity contribution in [2.75, 3.05) is 42.9 Å². The highest BCUT2D eigenvalue weighted by atomic mass is 35.5. The first-order valence-corrected chi connectivity index (χ1v) is 24.8. The summed E-state index contributed by atoms with van der Waals surface area (Å²) in [6.45, 7) is 10.6. The summed E-state index contributed by atoms with van der Waals surface area (Å²) in [6, 6.07) is 21.7. The lowest BCUT2D eigenvalue weighted by molar-refractivity contribution is -0.384. The van der Waals surface area contributed by atoms with Gasteiger partial charge < -0.3 is 25.0 Å². The number of nitrogens with zero attached hydrogens (tertiary/aromatic N) is 4. The molecule has 3 aromatic carbocycles. The van der Waals surface area contributed by atoms with Gasteiger partial charge in [-0.15, -0.1) is 0 Å². The molecule has 1 amide bonds. The number of carbonyl (C=O) groups excluding carboxylic acids is 1. The van der Waals surface area contributed by atoms with E-state index in [0.29, 0.717) is 42.9 Å². The SMILES string of the molecule is CC(C)c1ccccc1[C@H]1CCC[C@H]1N1CC2(CCN(c3ccc(C(=O)NS(=O)(=O)c4ccc(NCC5CCC(C)(O)CC5)c([N+](=O)[O-])c4)c(Oc4cc5cc[nH]c5nc4Cl)c3)CC2)C1. The van der Waals surface area contributed by atoms with Crippen LogP contribution in [0.5, 0.6) is 11.5 Å². The first-order valence-electron chi connectivity index (χ1n) is 22.9. The van der Waals surface area contributed by atoms with Gasteiger partial charge in [0.05, 0.1) is 21.0 Å². The number of amides is 1. The Kier molecular flexibility index (Phi) is 12.4. The van der Waals surface area contributed by atoms with Crippen LogP contribution in [0.25, 0.3) is 11.0 Å². The maximum absolute atomic E-state index is 14.0. The molecule has 65 heavy (non-hydrogen) atoms. The molecule has 4 heterocycles. The molecule has 2 saturated heterocycles. The monoisotopic (exact) mass is 923 g/mol. The Bertz CT molecular complexity index is 2700. The van der Waals surface area contributed by atoms with Gasteiger partial charge in [0.25, 0.3) is 21.6 Å². The fourth-order valence-electron chi connectivity index (χ4n) is 10.8. The molecule has 4 aliphatic rings. The Morgan fingerprint density at radius 2 is 1.75 bits per heavy atom. The number of H-pyrrole nitrogens is 1. The van der Waals surface area contributed by atoms with E-state index < -0.39 is 37.0 Å². The second-order valence-corrected chi connectivity index (χ2v) is 21.5. The number of piperidine rings is 1. The molecule has 14 nitrogen and oxygen atoms in total. The van der Waals surface area contributed by atoms with E-state index in [9.17, 15) is 28.4 Å². The highest BCUT2D eigenvalue weighted by Gasteiger charge is 2.49. The van der Waals surface area contributed by atoms with E-state index in [0.717, 1.165) is 69.0 Å². The number of fused-ring (bicyclic) bond motifs is 1. The van der Waals surface area contributed by atoms with Crippen molar-refractivity contribution in [1.82, 2.24) is 19.6 Å². The van der Waals surface area contributed by atoms with Crippen molar-refractivity contribution >= 4 is 55.6 Å². The average Bonchev–Trinajstić information content (AvgIpc) is 3.95. The van der Waals surface area contributed by atoms with E-state index >= 15 is 0 Å². The quantitative estimate of drug-likeness (QED) is 0.0501. The number of anilines is 2. The number of nitrogens with one attached hydrogen (secondary N) is 3. The van der Waals surface area contributed by atoms with E-state index in [4.69, 9.17) is 16.3 Å². The third-order valence-corrected chi connectivity index (χ3v) is 16.2. The molecular formula is C49H58ClN7O7S. The summed E-state index contributed by atoms with van der Waals surface area (Å²) in [4.78, 5) is 37.5. The number of hydrogen-bond donors (Lipinski definition) is 4. The van der Waals surface area contributed by atoms with E-state index in [-0.39, 0.29) is 39.2 Å². The highest BCUT2D eigenvalue weighted by Crippen LogP contribution is 2.49. The molecule has 2 aliphatic heterocycles. The Balaban J connectivity index is 0.908. The van der Waals surface area contributed by atoms with Crippen LogP contribution in [0, 0.1) is 21.4 Å². The van der Waals surface area contributed by atoms with Crippen LogP contribution in [-0.4, -0.2) is 83.6 Å². The largest absolute Gasteiger partial charge is 0.453 e. The van der Waals surface area contributed by atoms with Crippen molar-refractivity contribution in [1.29, 1.82) is 0 Å². The Hall–Kier alpha value is -5.22. The van der Waals surface area contributed by atoms with Gasteiger partial charge in [-0.25, -0.2) is 18.1 Å². The van der Waals surface area contributed by atoms with E-state index in [2.05, 4.69) is 67.9 Å². The molecule has 0 unspecified atom stereocenters. The Morgan fingerprint density at radius 3 is 2.49 bits per heavy atom. The summed E-state index contributed by atoms with van der Waals surface area (Å²) in [5, 5.41) is 26.4. The number of carbonyl (C=O) groups is 1. The number of aromatic amines is 1. The van der Waals surface area contributed by atoms with Crippen molar-refractivity contribution < 1.29 is 28.0 Å². The molecule has 0 bridgehead atoms. The number of rotatable bonds is 13. The van der Waals surface area contributed by atoms with Crippen LogP contribution in [0.4, 0.5) is 17.1 Å². The van der Waals surface area contributed by atoms with Gasteiger partial charge in [-0.1, -0.05) is 56.1 Å². The normalized spacial score (nSPS) is 23.4. The molecule has 344 valence electrons. The molecule has 4 fully saturated rings. The summed E-state index contributed by atoms with van der Waals surface area (Å²) in [5.41, 5.74) is 3.55. The average molecular weight is 925 g/mol. The van der Waals surface area contributed by atoms with Crippen molar-refractivity contribution in [3.63, 3.8) is 0 Å². The van der Waals surface area contributed by atoms with Crippen LogP contribution in [-0.2, 0) is 10.0 Å². The van der Waals surface area contributed by atoms with Gasteiger partial charge >= 0.3 is 0 Å². The van der Waals surface area contributed by atoms with E-state index in [1.807, 2.05) is 13.0 Å². The molecule has 4 N–H and O–H groups in total. The molecule has 0 radical (unpaired) electrons. The molecule has 9 rings (SSSR count). The number of hydrogen-bond acceptors (Lipinski definition) is 11. The number of aliphatic hydroxyl groups is 1.